The predicted octanol–water partition coefficient (Wildman–Crippen LogP) is 5.05. The van der Waals surface area contributed by atoms with Crippen molar-refractivity contribution < 1.29 is 9.53 Å². The number of aromatic nitrogens is 4. The number of rotatable bonds is 5. The normalized spacial score (nSPS) is 11.2. The highest BCUT2D eigenvalue weighted by Gasteiger charge is 2.19. The molecule has 0 saturated carbocycles. The Morgan fingerprint density at radius 3 is 2.54 bits per heavy atom. The number of nitrogens with one attached hydrogen (secondary N) is 1. The molecule has 176 valence electrons. The van der Waals surface area contributed by atoms with Crippen molar-refractivity contribution in [1.82, 2.24) is 19.2 Å². The van der Waals surface area contributed by atoms with Crippen molar-refractivity contribution in [2.24, 2.45) is 0 Å². The van der Waals surface area contributed by atoms with Crippen LogP contribution >= 0.6 is 11.6 Å². The van der Waals surface area contributed by atoms with E-state index in [1.807, 2.05) is 57.2 Å². The Bertz CT molecular complexity index is 1650. The molecule has 9 heteroatoms. The number of para-hydroxylation sites is 2. The van der Waals surface area contributed by atoms with Gasteiger partial charge in [-0.25, -0.2) is 18.9 Å². The fraction of sp³-hybridized carbons (Fsp3) is 0.154. The van der Waals surface area contributed by atoms with Gasteiger partial charge in [0.05, 0.1) is 11.0 Å². The average Bonchev–Trinajstić information content (AvgIpc) is 3.12. The second-order valence-electron chi connectivity index (χ2n) is 8.44. The topological polar surface area (TPSA) is 90.5 Å². The van der Waals surface area contributed by atoms with Gasteiger partial charge in [-0.3, -0.25) is 4.79 Å². The number of benzene rings is 3. The molecule has 8 nitrogen and oxygen atoms in total. The molecule has 0 saturated heterocycles. The first-order valence-electron chi connectivity index (χ1n) is 11.0. The van der Waals surface area contributed by atoms with Gasteiger partial charge in [-0.05, 0) is 73.9 Å². The molecule has 1 amide bonds. The van der Waals surface area contributed by atoms with Gasteiger partial charge < -0.3 is 10.1 Å². The zero-order chi connectivity index (χ0) is 24.7. The first kappa shape index (κ1) is 22.6. The van der Waals surface area contributed by atoms with Gasteiger partial charge >= 0.3 is 5.69 Å². The van der Waals surface area contributed by atoms with Crippen LogP contribution in [0.1, 0.15) is 16.7 Å². The highest BCUT2D eigenvalue weighted by molar-refractivity contribution is 6.31. The van der Waals surface area contributed by atoms with E-state index in [4.69, 9.17) is 16.3 Å². The number of ether oxygens (including phenoxy) is 1. The maximum Gasteiger partial charge on any atom is 0.351 e. The van der Waals surface area contributed by atoms with Gasteiger partial charge in [0.1, 0.15) is 12.3 Å². The van der Waals surface area contributed by atoms with E-state index in [9.17, 15) is 9.59 Å². The molecule has 0 atom stereocenters. The predicted molar refractivity (Wildman–Crippen MR) is 136 cm³/mol. The summed E-state index contributed by atoms with van der Waals surface area (Å²) in [4.78, 5) is 30.7. The summed E-state index contributed by atoms with van der Waals surface area (Å²) in [6, 6.07) is 18.2. The zero-order valence-electron chi connectivity index (χ0n) is 19.4. The largest absolute Gasteiger partial charge is 0.436 e. The van der Waals surface area contributed by atoms with Gasteiger partial charge in [-0.2, -0.15) is 0 Å². The van der Waals surface area contributed by atoms with Crippen molar-refractivity contribution in [3.63, 3.8) is 0 Å². The van der Waals surface area contributed by atoms with Crippen LogP contribution in [0.4, 0.5) is 5.69 Å². The Morgan fingerprint density at radius 1 is 1.03 bits per heavy atom. The molecule has 1 N–H and O–H groups in total. The van der Waals surface area contributed by atoms with Crippen LogP contribution in [0.5, 0.6) is 11.6 Å². The standard InChI is InChI=1S/C26H22ClN5O3/c1-15-10-16(2)12-19(11-15)35-25-24-30-31(14-23(33)28-21-13-18(27)9-8-17(21)3)26(34)32(24)22-7-5-4-6-20(22)29-25/h4-13H,14H2,1-3H3,(H,28,33). The Kier molecular flexibility index (Phi) is 5.74. The van der Waals surface area contributed by atoms with Crippen LogP contribution in [-0.2, 0) is 11.3 Å². The average molecular weight is 488 g/mol. The minimum absolute atomic E-state index is 0.177. The summed E-state index contributed by atoms with van der Waals surface area (Å²) in [5.74, 6) is 0.355. The summed E-state index contributed by atoms with van der Waals surface area (Å²) in [6.45, 7) is 5.52. The highest BCUT2D eigenvalue weighted by atomic mass is 35.5. The summed E-state index contributed by atoms with van der Waals surface area (Å²) in [5, 5.41) is 7.71. The molecule has 3 aromatic carbocycles. The number of anilines is 1. The van der Waals surface area contributed by atoms with E-state index < -0.39 is 11.6 Å². The number of nitrogens with zero attached hydrogens (tertiary/aromatic N) is 4. The molecule has 2 aromatic heterocycles. The van der Waals surface area contributed by atoms with Crippen molar-refractivity contribution in [2.45, 2.75) is 27.3 Å². The van der Waals surface area contributed by atoms with Crippen molar-refractivity contribution in [3.05, 3.63) is 92.9 Å². The lowest BCUT2D eigenvalue weighted by atomic mass is 10.1. The summed E-state index contributed by atoms with van der Waals surface area (Å²) in [5.41, 5.74) is 4.38. The molecule has 0 radical (unpaired) electrons. The first-order chi connectivity index (χ1) is 16.8. The van der Waals surface area contributed by atoms with Crippen LogP contribution < -0.4 is 15.7 Å². The van der Waals surface area contributed by atoms with E-state index in [1.54, 1.807) is 24.3 Å². The maximum absolute atomic E-state index is 13.3. The minimum Gasteiger partial charge on any atom is -0.436 e. The Labute approximate surface area is 205 Å². The maximum atomic E-state index is 13.3. The molecule has 0 unspecified atom stereocenters. The van der Waals surface area contributed by atoms with E-state index >= 15 is 0 Å². The molecular formula is C26H22ClN5O3. The lowest BCUT2D eigenvalue weighted by molar-refractivity contribution is -0.117. The van der Waals surface area contributed by atoms with E-state index in [1.165, 1.54) is 4.40 Å². The fourth-order valence-corrected chi connectivity index (χ4v) is 4.17. The van der Waals surface area contributed by atoms with E-state index in [-0.39, 0.29) is 18.1 Å². The third-order valence-electron chi connectivity index (χ3n) is 5.55. The molecule has 0 bridgehead atoms. The SMILES string of the molecule is Cc1cc(C)cc(Oc2nc3ccccc3n3c(=O)n(CC(=O)Nc4cc(Cl)ccc4C)nc23)c1. The van der Waals surface area contributed by atoms with Gasteiger partial charge in [-0.15, -0.1) is 5.10 Å². The Balaban J connectivity index is 1.57. The number of hydrogen-bond acceptors (Lipinski definition) is 5. The number of fused-ring (bicyclic) bond motifs is 3. The second kappa shape index (κ2) is 8.88. The van der Waals surface area contributed by atoms with Crippen LogP contribution in [0.2, 0.25) is 5.02 Å². The van der Waals surface area contributed by atoms with Crippen LogP contribution in [0.3, 0.4) is 0 Å². The highest BCUT2D eigenvalue weighted by Crippen LogP contribution is 2.27. The Morgan fingerprint density at radius 2 is 1.77 bits per heavy atom. The number of hydrogen-bond donors (Lipinski definition) is 1. The van der Waals surface area contributed by atoms with Crippen LogP contribution in [0.25, 0.3) is 16.7 Å². The first-order valence-corrected chi connectivity index (χ1v) is 11.4. The van der Waals surface area contributed by atoms with E-state index in [0.717, 1.165) is 21.4 Å². The zero-order valence-corrected chi connectivity index (χ0v) is 20.1. The molecule has 2 heterocycles. The molecule has 0 aliphatic carbocycles. The van der Waals surface area contributed by atoms with Crippen molar-refractivity contribution in [2.75, 3.05) is 5.32 Å². The molecule has 0 aliphatic heterocycles. The van der Waals surface area contributed by atoms with Crippen LogP contribution in [0.15, 0.2) is 65.5 Å². The van der Waals surface area contributed by atoms with Gasteiger partial charge in [0.15, 0.2) is 0 Å². The quantitative estimate of drug-likeness (QED) is 0.374. The van der Waals surface area contributed by atoms with Crippen molar-refractivity contribution in [1.29, 1.82) is 0 Å². The van der Waals surface area contributed by atoms with E-state index in [0.29, 0.717) is 27.5 Å². The Hall–Kier alpha value is -4.17. The lowest BCUT2D eigenvalue weighted by Gasteiger charge is -2.09. The molecular weight excluding hydrogens is 466 g/mol. The van der Waals surface area contributed by atoms with Gasteiger partial charge in [0, 0.05) is 10.7 Å². The number of halogens is 1. The van der Waals surface area contributed by atoms with Crippen molar-refractivity contribution >= 4 is 39.9 Å². The summed E-state index contributed by atoms with van der Waals surface area (Å²) in [6.07, 6.45) is 0. The number of amides is 1. The second-order valence-corrected chi connectivity index (χ2v) is 8.87. The summed E-state index contributed by atoms with van der Waals surface area (Å²) < 4.78 is 8.62. The van der Waals surface area contributed by atoms with Gasteiger partial charge in [-0.1, -0.05) is 35.9 Å². The molecule has 35 heavy (non-hydrogen) atoms. The fourth-order valence-electron chi connectivity index (χ4n) is 4.00. The summed E-state index contributed by atoms with van der Waals surface area (Å²) in [7, 11) is 0. The van der Waals surface area contributed by atoms with Crippen LogP contribution in [-0.4, -0.2) is 25.1 Å². The molecule has 0 spiro atoms. The molecule has 0 aliphatic rings. The van der Waals surface area contributed by atoms with Crippen LogP contribution in [0, 0.1) is 20.8 Å². The van der Waals surface area contributed by atoms with E-state index in [2.05, 4.69) is 15.4 Å². The number of aryl methyl sites for hydroxylation is 3. The van der Waals surface area contributed by atoms with Gasteiger partial charge in [0.25, 0.3) is 5.88 Å². The lowest BCUT2D eigenvalue weighted by Crippen LogP contribution is -2.28. The third-order valence-corrected chi connectivity index (χ3v) is 5.79. The molecule has 5 aromatic rings. The number of carbonyl (C=O) groups excluding carboxylic acids is 1. The smallest absolute Gasteiger partial charge is 0.351 e. The summed E-state index contributed by atoms with van der Waals surface area (Å²) >= 11 is 6.05. The number of carbonyl (C=O) groups is 1. The molecule has 0 fully saturated rings. The molecule has 5 rings (SSSR count). The third kappa shape index (κ3) is 4.48. The van der Waals surface area contributed by atoms with Crippen molar-refractivity contribution in [3.8, 4) is 11.6 Å². The van der Waals surface area contributed by atoms with Gasteiger partial charge in [0.2, 0.25) is 11.6 Å². The monoisotopic (exact) mass is 487 g/mol. The minimum atomic E-state index is -0.471.